The molecule has 4 rings (SSSR count). The summed E-state index contributed by atoms with van der Waals surface area (Å²) in [5.74, 6) is 0. The van der Waals surface area contributed by atoms with E-state index >= 15 is 0 Å². The largest absolute Gasteiger partial charge is 0.393 e. The van der Waals surface area contributed by atoms with Crippen LogP contribution in [-0.4, -0.2) is 45.8 Å². The molecule has 2 aromatic rings. The van der Waals surface area contributed by atoms with Crippen molar-refractivity contribution in [2.75, 3.05) is 19.7 Å². The molecule has 2 saturated heterocycles. The Morgan fingerprint density at radius 3 is 2.87 bits per heavy atom. The summed E-state index contributed by atoms with van der Waals surface area (Å²) in [6.45, 7) is 3.68. The molecule has 0 amide bonds. The molecule has 6 heteroatoms. The van der Waals surface area contributed by atoms with Crippen LogP contribution in [0.2, 0.25) is 0 Å². The van der Waals surface area contributed by atoms with Crippen LogP contribution in [0.4, 0.5) is 0 Å². The van der Waals surface area contributed by atoms with Gasteiger partial charge in [0.25, 0.3) is 0 Å². The van der Waals surface area contributed by atoms with E-state index in [4.69, 9.17) is 4.74 Å². The number of aliphatic hydroxyl groups is 1. The number of nitrogens with zero attached hydrogens (tertiary/aromatic N) is 2. The summed E-state index contributed by atoms with van der Waals surface area (Å²) in [6.07, 6.45) is 5.84. The summed E-state index contributed by atoms with van der Waals surface area (Å²) in [6, 6.07) is 4.14. The Labute approximate surface area is 142 Å². The minimum absolute atomic E-state index is 0. The van der Waals surface area contributed by atoms with Gasteiger partial charge in [-0.25, -0.2) is 4.98 Å². The normalized spacial score (nSPS) is 23.3. The molecule has 2 N–H and O–H groups in total. The topological polar surface area (TPSA) is 61.4 Å². The number of aromatic nitrogens is 2. The van der Waals surface area contributed by atoms with Crippen molar-refractivity contribution in [3.05, 3.63) is 29.6 Å². The van der Waals surface area contributed by atoms with Gasteiger partial charge in [-0.05, 0) is 43.4 Å². The van der Waals surface area contributed by atoms with Crippen molar-refractivity contribution in [2.24, 2.45) is 0 Å². The average molecular weight is 338 g/mol. The predicted octanol–water partition coefficient (Wildman–Crippen LogP) is 2.79. The third-order valence-electron chi connectivity index (χ3n) is 4.90. The van der Waals surface area contributed by atoms with Crippen molar-refractivity contribution in [2.45, 2.75) is 44.4 Å². The standard InChI is InChI=1S/C17H23N3O2.ClH/c21-12-5-8-20(9-6-12)11-14-13-3-1-7-18-17(13)19-16(14)15-4-2-10-22-15;/h1,3,7,12,15,21H,2,4-6,8-11H2,(H,18,19);1H/t15-;/m1./s1. The lowest BCUT2D eigenvalue weighted by Gasteiger charge is -2.29. The highest BCUT2D eigenvalue weighted by Crippen LogP contribution is 2.34. The fraction of sp³-hybridized carbons (Fsp3) is 0.588. The van der Waals surface area contributed by atoms with Crippen molar-refractivity contribution in [1.29, 1.82) is 0 Å². The second kappa shape index (κ2) is 7.18. The zero-order chi connectivity index (χ0) is 14.9. The molecule has 2 aromatic heterocycles. The van der Waals surface area contributed by atoms with Gasteiger partial charge in [-0.1, -0.05) is 0 Å². The van der Waals surface area contributed by atoms with Crippen LogP contribution < -0.4 is 0 Å². The highest BCUT2D eigenvalue weighted by Gasteiger charge is 2.26. The van der Waals surface area contributed by atoms with Gasteiger partial charge in [0.1, 0.15) is 5.65 Å². The number of fused-ring (bicyclic) bond motifs is 1. The van der Waals surface area contributed by atoms with Gasteiger partial charge in [-0.15, -0.1) is 12.4 Å². The maximum Gasteiger partial charge on any atom is 0.137 e. The maximum absolute atomic E-state index is 9.69. The zero-order valence-electron chi connectivity index (χ0n) is 13.2. The summed E-state index contributed by atoms with van der Waals surface area (Å²) in [5, 5.41) is 10.9. The van der Waals surface area contributed by atoms with Gasteiger partial charge < -0.3 is 14.8 Å². The van der Waals surface area contributed by atoms with E-state index in [1.54, 1.807) is 0 Å². The first kappa shape index (κ1) is 16.7. The number of hydrogen-bond donors (Lipinski definition) is 2. The van der Waals surface area contributed by atoms with E-state index in [2.05, 4.69) is 20.9 Å². The summed E-state index contributed by atoms with van der Waals surface area (Å²) in [4.78, 5) is 10.4. The van der Waals surface area contributed by atoms with Crippen LogP contribution in [0.5, 0.6) is 0 Å². The highest BCUT2D eigenvalue weighted by atomic mass is 35.5. The van der Waals surface area contributed by atoms with Gasteiger partial charge in [0.05, 0.1) is 17.9 Å². The van der Waals surface area contributed by atoms with E-state index in [9.17, 15) is 5.11 Å². The molecule has 23 heavy (non-hydrogen) atoms. The minimum atomic E-state index is -0.126. The molecule has 2 fully saturated rings. The summed E-state index contributed by atoms with van der Waals surface area (Å²) in [7, 11) is 0. The van der Waals surface area contributed by atoms with Gasteiger partial charge in [0.2, 0.25) is 0 Å². The number of pyridine rings is 1. The number of ether oxygens (including phenoxy) is 1. The van der Waals surface area contributed by atoms with Crippen molar-refractivity contribution in [3.63, 3.8) is 0 Å². The fourth-order valence-corrected chi connectivity index (χ4v) is 3.65. The molecule has 1 atom stereocenters. The van der Waals surface area contributed by atoms with Gasteiger partial charge >= 0.3 is 0 Å². The molecule has 0 spiro atoms. The highest BCUT2D eigenvalue weighted by molar-refractivity contribution is 5.85. The summed E-state index contributed by atoms with van der Waals surface area (Å²) in [5.41, 5.74) is 3.49. The smallest absolute Gasteiger partial charge is 0.137 e. The number of likely N-dealkylation sites (tertiary alicyclic amines) is 1. The van der Waals surface area contributed by atoms with Crippen LogP contribution >= 0.6 is 12.4 Å². The quantitative estimate of drug-likeness (QED) is 0.904. The Bertz CT molecular complexity index is 646. The van der Waals surface area contributed by atoms with Gasteiger partial charge in [-0.2, -0.15) is 0 Å². The number of aliphatic hydroxyl groups excluding tert-OH is 1. The van der Waals surface area contributed by atoms with Crippen molar-refractivity contribution < 1.29 is 9.84 Å². The van der Waals surface area contributed by atoms with Gasteiger partial charge in [0.15, 0.2) is 0 Å². The third-order valence-corrected chi connectivity index (χ3v) is 4.90. The molecule has 0 unspecified atom stereocenters. The Morgan fingerprint density at radius 2 is 2.13 bits per heavy atom. The Hall–Kier alpha value is -1.14. The number of rotatable bonds is 3. The molecular weight excluding hydrogens is 314 g/mol. The predicted molar refractivity (Wildman–Crippen MR) is 91.8 cm³/mol. The number of piperidine rings is 1. The SMILES string of the molecule is Cl.OC1CCN(Cc2c([C@H]3CCCO3)[nH]c3ncccc23)CC1. The first-order valence-electron chi connectivity index (χ1n) is 8.29. The minimum Gasteiger partial charge on any atom is -0.393 e. The zero-order valence-corrected chi connectivity index (χ0v) is 14.0. The Morgan fingerprint density at radius 1 is 1.30 bits per heavy atom. The van der Waals surface area contributed by atoms with Crippen LogP contribution in [0.15, 0.2) is 18.3 Å². The molecule has 0 aliphatic carbocycles. The summed E-state index contributed by atoms with van der Waals surface area (Å²) >= 11 is 0. The molecule has 126 valence electrons. The molecule has 0 saturated carbocycles. The van der Waals surface area contributed by atoms with E-state index in [1.807, 2.05) is 12.3 Å². The van der Waals surface area contributed by atoms with Crippen LogP contribution in [0, 0.1) is 0 Å². The molecular formula is C17H24ClN3O2. The van der Waals surface area contributed by atoms with E-state index in [0.717, 1.165) is 57.6 Å². The van der Waals surface area contributed by atoms with Crippen molar-refractivity contribution in [3.8, 4) is 0 Å². The summed E-state index contributed by atoms with van der Waals surface area (Å²) < 4.78 is 5.90. The number of nitrogens with one attached hydrogen (secondary N) is 1. The third kappa shape index (κ3) is 3.38. The second-order valence-corrected chi connectivity index (χ2v) is 6.43. The van der Waals surface area contributed by atoms with Crippen LogP contribution in [-0.2, 0) is 11.3 Å². The molecule has 4 heterocycles. The molecule has 2 aliphatic heterocycles. The van der Waals surface area contributed by atoms with Crippen molar-refractivity contribution in [1.82, 2.24) is 14.9 Å². The van der Waals surface area contributed by atoms with E-state index in [1.165, 1.54) is 16.6 Å². The molecule has 5 nitrogen and oxygen atoms in total. The first-order valence-corrected chi connectivity index (χ1v) is 8.29. The molecule has 0 aromatic carbocycles. The van der Waals surface area contributed by atoms with Crippen LogP contribution in [0.25, 0.3) is 11.0 Å². The van der Waals surface area contributed by atoms with E-state index in [0.29, 0.717) is 0 Å². The molecule has 2 aliphatic rings. The van der Waals surface area contributed by atoms with Crippen LogP contribution in [0.1, 0.15) is 43.0 Å². The molecule has 0 radical (unpaired) electrons. The lowest BCUT2D eigenvalue weighted by Crippen LogP contribution is -2.35. The van der Waals surface area contributed by atoms with Gasteiger partial charge in [0, 0.05) is 37.8 Å². The maximum atomic E-state index is 9.69. The number of aromatic amines is 1. The first-order chi connectivity index (χ1) is 10.8. The number of halogens is 1. The lowest BCUT2D eigenvalue weighted by atomic mass is 10.0. The average Bonchev–Trinajstić information content (AvgIpc) is 3.18. The number of hydrogen-bond acceptors (Lipinski definition) is 4. The molecule has 0 bridgehead atoms. The monoisotopic (exact) mass is 337 g/mol. The van der Waals surface area contributed by atoms with Gasteiger partial charge in [-0.3, -0.25) is 4.90 Å². The van der Waals surface area contributed by atoms with Crippen LogP contribution in [0.3, 0.4) is 0 Å². The Balaban J connectivity index is 0.00000156. The second-order valence-electron chi connectivity index (χ2n) is 6.43. The Kier molecular flexibility index (Phi) is 5.21. The van der Waals surface area contributed by atoms with E-state index < -0.39 is 0 Å². The number of H-pyrrole nitrogens is 1. The lowest BCUT2D eigenvalue weighted by molar-refractivity contribution is 0.0776. The van der Waals surface area contributed by atoms with Crippen molar-refractivity contribution >= 4 is 23.4 Å². The fourth-order valence-electron chi connectivity index (χ4n) is 3.65. The van der Waals surface area contributed by atoms with E-state index in [-0.39, 0.29) is 24.6 Å².